The van der Waals surface area contributed by atoms with Crippen molar-refractivity contribution in [2.45, 2.75) is 6.61 Å². The summed E-state index contributed by atoms with van der Waals surface area (Å²) in [6.07, 6.45) is 3.71. The number of fused-ring (bicyclic) bond motifs is 1. The second kappa shape index (κ2) is 6.61. The van der Waals surface area contributed by atoms with Gasteiger partial charge in [0.2, 0.25) is 0 Å². The number of ether oxygens (including phenoxy) is 1. The lowest BCUT2D eigenvalue weighted by molar-refractivity contribution is 0.306. The molecule has 1 aliphatic heterocycles. The first kappa shape index (κ1) is 15.7. The molecule has 0 fully saturated rings. The van der Waals surface area contributed by atoms with E-state index in [-0.39, 0.29) is 12.4 Å². The zero-order valence-corrected chi connectivity index (χ0v) is 14.0. The maximum Gasteiger partial charge on any atom is 0.138 e. The summed E-state index contributed by atoms with van der Waals surface area (Å²) in [4.78, 5) is 9.56. The molecule has 0 spiro atoms. The largest absolute Gasteiger partial charge is 0.487 e. The van der Waals surface area contributed by atoms with Crippen LogP contribution in [0.2, 0.25) is 5.02 Å². The fraction of sp³-hybridized carbons (Fsp3) is 0.105. The Kier molecular flexibility index (Phi) is 4.15. The molecule has 0 bridgehead atoms. The highest BCUT2D eigenvalue weighted by Crippen LogP contribution is 2.35. The second-order valence-electron chi connectivity index (χ2n) is 5.69. The molecule has 0 saturated heterocycles. The fourth-order valence-corrected chi connectivity index (χ4v) is 3.02. The van der Waals surface area contributed by atoms with E-state index in [4.69, 9.17) is 16.3 Å². The van der Waals surface area contributed by atoms with E-state index in [0.29, 0.717) is 17.4 Å². The van der Waals surface area contributed by atoms with Crippen molar-refractivity contribution in [1.82, 2.24) is 4.98 Å². The zero-order valence-electron chi connectivity index (χ0n) is 13.2. The van der Waals surface area contributed by atoms with Gasteiger partial charge < -0.3 is 14.6 Å². The van der Waals surface area contributed by atoms with Crippen LogP contribution in [0.25, 0.3) is 0 Å². The highest BCUT2D eigenvalue weighted by Gasteiger charge is 2.17. The Hall–Kier alpha value is -2.79. The first-order valence-corrected chi connectivity index (χ1v) is 8.20. The highest BCUT2D eigenvalue weighted by molar-refractivity contribution is 6.32. The monoisotopic (exact) mass is 355 g/mol. The summed E-state index contributed by atoms with van der Waals surface area (Å²) in [5.41, 5.74) is 3.71. The van der Waals surface area contributed by atoms with Crippen LogP contribution in [0.15, 0.2) is 59.7 Å². The van der Waals surface area contributed by atoms with Crippen molar-refractivity contribution in [2.24, 2.45) is 4.99 Å². The minimum atomic E-state index is -0.282. The van der Waals surface area contributed by atoms with Crippen molar-refractivity contribution in [3.05, 3.63) is 76.8 Å². The van der Waals surface area contributed by atoms with Gasteiger partial charge in [-0.05, 0) is 42.0 Å². The number of aromatic amines is 1. The van der Waals surface area contributed by atoms with E-state index >= 15 is 0 Å². The quantitative estimate of drug-likeness (QED) is 0.722. The summed E-state index contributed by atoms with van der Waals surface area (Å²) in [5, 5.41) is 0.501. The minimum absolute atomic E-state index is 0.257. The smallest absolute Gasteiger partial charge is 0.138 e. The van der Waals surface area contributed by atoms with Crippen molar-refractivity contribution in [1.29, 1.82) is 0 Å². The first-order valence-electron chi connectivity index (χ1n) is 7.82. The van der Waals surface area contributed by atoms with Crippen LogP contribution in [-0.2, 0) is 6.61 Å². The van der Waals surface area contributed by atoms with Gasteiger partial charge in [0.15, 0.2) is 0 Å². The maximum atomic E-state index is 13.2. The van der Waals surface area contributed by atoms with E-state index in [9.17, 15) is 4.39 Å². The van der Waals surface area contributed by atoms with Gasteiger partial charge >= 0.3 is 0 Å². The van der Waals surface area contributed by atoms with Gasteiger partial charge in [-0.1, -0.05) is 23.7 Å². The van der Waals surface area contributed by atoms with Crippen LogP contribution in [0, 0.1) is 5.82 Å². The normalized spacial score (nSPS) is 13.0. The Morgan fingerprint density at radius 1 is 1.20 bits per heavy atom. The van der Waals surface area contributed by atoms with Crippen molar-refractivity contribution in [3.8, 4) is 5.75 Å². The minimum Gasteiger partial charge on any atom is -0.487 e. The SMILES string of the molecule is Fc1cccc(COc2ccc(N3CN=Cc4[nH]ccc43)cc2Cl)c1. The molecule has 1 aliphatic rings. The lowest BCUT2D eigenvalue weighted by Crippen LogP contribution is -2.21. The van der Waals surface area contributed by atoms with Crippen LogP contribution < -0.4 is 9.64 Å². The van der Waals surface area contributed by atoms with Gasteiger partial charge in [0.1, 0.15) is 24.8 Å². The Bertz CT molecular complexity index is 938. The van der Waals surface area contributed by atoms with Crippen LogP contribution in [0.3, 0.4) is 0 Å². The molecule has 0 aliphatic carbocycles. The molecule has 126 valence electrons. The molecule has 0 saturated carbocycles. The van der Waals surface area contributed by atoms with E-state index in [0.717, 1.165) is 22.6 Å². The highest BCUT2D eigenvalue weighted by atomic mass is 35.5. The number of aliphatic imine (C=N–C) groups is 1. The van der Waals surface area contributed by atoms with Crippen molar-refractivity contribution >= 4 is 29.2 Å². The van der Waals surface area contributed by atoms with Crippen LogP contribution >= 0.6 is 11.6 Å². The van der Waals surface area contributed by atoms with Crippen molar-refractivity contribution in [2.75, 3.05) is 11.6 Å². The Labute approximate surface area is 149 Å². The Morgan fingerprint density at radius 2 is 2.12 bits per heavy atom. The number of nitrogens with one attached hydrogen (secondary N) is 1. The molecule has 4 nitrogen and oxygen atoms in total. The molecular formula is C19H15ClFN3O. The summed E-state index contributed by atoms with van der Waals surface area (Å²) in [6.45, 7) is 0.789. The summed E-state index contributed by atoms with van der Waals surface area (Å²) in [5.74, 6) is 0.278. The standard InChI is InChI=1S/C19H15ClFN3O/c20-16-9-15(24-12-22-10-17-18(24)6-7-23-17)4-5-19(16)25-11-13-2-1-3-14(21)8-13/h1-10,23H,11-12H2. The number of hydrogen-bond acceptors (Lipinski definition) is 3. The van der Waals surface area contributed by atoms with Gasteiger partial charge in [-0.2, -0.15) is 0 Å². The number of anilines is 2. The van der Waals surface area contributed by atoms with Gasteiger partial charge in [-0.3, -0.25) is 4.99 Å². The molecule has 6 heteroatoms. The molecule has 2 heterocycles. The van der Waals surface area contributed by atoms with E-state index in [1.165, 1.54) is 12.1 Å². The molecule has 1 aromatic heterocycles. The fourth-order valence-electron chi connectivity index (χ4n) is 2.79. The van der Waals surface area contributed by atoms with Crippen LogP contribution in [0.1, 0.15) is 11.3 Å². The van der Waals surface area contributed by atoms with Crippen molar-refractivity contribution in [3.63, 3.8) is 0 Å². The number of rotatable bonds is 4. The van der Waals surface area contributed by atoms with Crippen LogP contribution in [-0.4, -0.2) is 17.9 Å². The van der Waals surface area contributed by atoms with Gasteiger partial charge in [0, 0.05) is 18.1 Å². The van der Waals surface area contributed by atoms with Gasteiger partial charge in [-0.25, -0.2) is 4.39 Å². The van der Waals surface area contributed by atoms with E-state index in [1.54, 1.807) is 6.07 Å². The molecule has 0 unspecified atom stereocenters. The number of nitrogens with zero attached hydrogens (tertiary/aromatic N) is 2. The number of hydrogen-bond donors (Lipinski definition) is 1. The Balaban J connectivity index is 1.52. The molecule has 0 amide bonds. The number of H-pyrrole nitrogens is 1. The number of aromatic nitrogens is 1. The molecule has 1 N–H and O–H groups in total. The zero-order chi connectivity index (χ0) is 17.2. The lowest BCUT2D eigenvalue weighted by atomic mass is 10.2. The summed E-state index contributed by atoms with van der Waals surface area (Å²) < 4.78 is 18.9. The van der Waals surface area contributed by atoms with E-state index in [1.807, 2.05) is 42.7 Å². The molecule has 4 rings (SSSR count). The topological polar surface area (TPSA) is 40.6 Å². The number of benzene rings is 2. The molecule has 0 radical (unpaired) electrons. The van der Waals surface area contributed by atoms with Crippen molar-refractivity contribution < 1.29 is 9.13 Å². The first-order chi connectivity index (χ1) is 12.2. The molecule has 0 atom stereocenters. The number of halogens is 2. The average molecular weight is 356 g/mol. The molecule has 3 aromatic rings. The third-order valence-corrected chi connectivity index (χ3v) is 4.30. The Morgan fingerprint density at radius 3 is 2.96 bits per heavy atom. The van der Waals surface area contributed by atoms with E-state index < -0.39 is 0 Å². The van der Waals surface area contributed by atoms with E-state index in [2.05, 4.69) is 14.9 Å². The molecular weight excluding hydrogens is 341 g/mol. The lowest BCUT2D eigenvalue weighted by Gasteiger charge is -2.25. The van der Waals surface area contributed by atoms with Crippen LogP contribution in [0.5, 0.6) is 5.75 Å². The predicted molar refractivity (Wildman–Crippen MR) is 97.6 cm³/mol. The second-order valence-corrected chi connectivity index (χ2v) is 6.10. The third kappa shape index (κ3) is 3.23. The average Bonchev–Trinajstić information content (AvgIpc) is 3.09. The summed E-state index contributed by atoms with van der Waals surface area (Å²) >= 11 is 6.38. The third-order valence-electron chi connectivity index (χ3n) is 4.00. The summed E-state index contributed by atoms with van der Waals surface area (Å²) in [6, 6.07) is 13.9. The van der Waals surface area contributed by atoms with Gasteiger partial charge in [-0.15, -0.1) is 0 Å². The maximum absolute atomic E-state index is 13.2. The molecule has 2 aromatic carbocycles. The summed E-state index contributed by atoms with van der Waals surface area (Å²) in [7, 11) is 0. The van der Waals surface area contributed by atoms with Gasteiger partial charge in [0.25, 0.3) is 0 Å². The molecule has 25 heavy (non-hydrogen) atoms. The van der Waals surface area contributed by atoms with Gasteiger partial charge in [0.05, 0.1) is 16.4 Å². The van der Waals surface area contributed by atoms with Crippen LogP contribution in [0.4, 0.5) is 15.8 Å². The predicted octanol–water partition coefficient (Wildman–Crippen LogP) is 4.91.